The number of para-hydroxylation sites is 1. The molecule has 0 bridgehead atoms. The van der Waals surface area contributed by atoms with Crippen LogP contribution in [0, 0.1) is 0 Å². The first-order valence-corrected chi connectivity index (χ1v) is 15.1. The van der Waals surface area contributed by atoms with Gasteiger partial charge in [-0.25, -0.2) is 13.2 Å². The molecule has 236 valence electrons. The molecule has 2 N–H and O–H groups in total. The van der Waals surface area contributed by atoms with E-state index in [1.54, 1.807) is 12.1 Å². The predicted molar refractivity (Wildman–Crippen MR) is 149 cm³/mol. The van der Waals surface area contributed by atoms with E-state index in [2.05, 4.69) is 30.6 Å². The van der Waals surface area contributed by atoms with Crippen LogP contribution in [0.1, 0.15) is 30.1 Å². The number of rotatable bonds is 12. The SMILES string of the molecule is CC(C)(NC(=O)[C@H](CS(=O)(=O)Cc1ccccc1OC(F)F)NC(=O)N1CCOCC1)C(=O)c1nnc(-c2cccnc2)o1. The number of carbonyl (C=O) groups is 3. The molecule has 44 heavy (non-hydrogen) atoms. The predicted octanol–water partition coefficient (Wildman–Crippen LogP) is 1.84. The fourth-order valence-electron chi connectivity index (χ4n) is 4.21. The van der Waals surface area contributed by atoms with Crippen molar-refractivity contribution in [3.63, 3.8) is 0 Å². The molecule has 0 saturated carbocycles. The third-order valence-electron chi connectivity index (χ3n) is 6.43. The number of urea groups is 1. The summed E-state index contributed by atoms with van der Waals surface area (Å²) in [6.07, 6.45) is 2.99. The van der Waals surface area contributed by atoms with Crippen LogP contribution in [0.4, 0.5) is 13.6 Å². The van der Waals surface area contributed by atoms with Crippen molar-refractivity contribution in [3.05, 3.63) is 60.2 Å². The number of Topliss-reactive ketones (excluding diaryl/α,β-unsaturated/α-hetero) is 1. The maximum atomic E-state index is 13.5. The van der Waals surface area contributed by atoms with Gasteiger partial charge in [0.1, 0.15) is 17.3 Å². The first-order valence-electron chi connectivity index (χ1n) is 13.3. The second kappa shape index (κ2) is 13.9. The number of hydrogen-bond acceptors (Lipinski definition) is 11. The quantitative estimate of drug-likeness (QED) is 0.277. The Hall–Kier alpha value is -4.51. The summed E-state index contributed by atoms with van der Waals surface area (Å²) >= 11 is 0. The molecular formula is C27H30F2N6O8S. The number of amides is 3. The van der Waals surface area contributed by atoms with Gasteiger partial charge in [-0.3, -0.25) is 14.6 Å². The van der Waals surface area contributed by atoms with Crippen LogP contribution >= 0.6 is 0 Å². The van der Waals surface area contributed by atoms with E-state index in [-0.39, 0.29) is 43.5 Å². The maximum absolute atomic E-state index is 13.5. The second-order valence-corrected chi connectivity index (χ2v) is 12.3. The van der Waals surface area contributed by atoms with E-state index in [0.717, 1.165) is 0 Å². The van der Waals surface area contributed by atoms with Crippen LogP contribution in [0.25, 0.3) is 11.5 Å². The third kappa shape index (κ3) is 8.53. The third-order valence-corrected chi connectivity index (χ3v) is 8.02. The van der Waals surface area contributed by atoms with Gasteiger partial charge < -0.3 is 29.4 Å². The van der Waals surface area contributed by atoms with E-state index < -0.39 is 63.1 Å². The molecule has 2 aromatic heterocycles. The second-order valence-electron chi connectivity index (χ2n) is 10.2. The smallest absolute Gasteiger partial charge is 0.387 e. The highest BCUT2D eigenvalue weighted by Gasteiger charge is 2.38. The van der Waals surface area contributed by atoms with Gasteiger partial charge in [-0.1, -0.05) is 18.2 Å². The summed E-state index contributed by atoms with van der Waals surface area (Å²) in [4.78, 5) is 45.0. The van der Waals surface area contributed by atoms with Crippen molar-refractivity contribution in [3.8, 4) is 17.2 Å². The molecule has 3 aromatic rings. The van der Waals surface area contributed by atoms with Crippen molar-refractivity contribution in [1.29, 1.82) is 0 Å². The summed E-state index contributed by atoms with van der Waals surface area (Å²) in [5.41, 5.74) is -1.31. The summed E-state index contributed by atoms with van der Waals surface area (Å²) in [5, 5.41) is 12.5. The molecule has 0 spiro atoms. The zero-order chi connectivity index (χ0) is 31.9. The van der Waals surface area contributed by atoms with Gasteiger partial charge in [0.15, 0.2) is 9.84 Å². The lowest BCUT2D eigenvalue weighted by Gasteiger charge is -2.30. The molecule has 1 aliphatic rings. The lowest BCUT2D eigenvalue weighted by atomic mass is 9.98. The number of hydrogen-bond donors (Lipinski definition) is 2. The van der Waals surface area contributed by atoms with Crippen molar-refractivity contribution in [1.82, 2.24) is 30.7 Å². The first kappa shape index (κ1) is 32.4. The molecule has 14 nitrogen and oxygen atoms in total. The highest BCUT2D eigenvalue weighted by Crippen LogP contribution is 2.23. The fourth-order valence-corrected chi connectivity index (χ4v) is 5.79. The van der Waals surface area contributed by atoms with Crippen molar-refractivity contribution in [2.45, 2.75) is 37.8 Å². The number of nitrogens with zero attached hydrogens (tertiary/aromatic N) is 4. The Morgan fingerprint density at radius 1 is 1.09 bits per heavy atom. The van der Waals surface area contributed by atoms with Crippen LogP contribution in [0.15, 0.2) is 53.2 Å². The van der Waals surface area contributed by atoms with Gasteiger partial charge in [0, 0.05) is 31.0 Å². The molecule has 0 unspecified atom stereocenters. The Kier molecular flexibility index (Phi) is 10.2. The molecule has 1 fully saturated rings. The zero-order valence-electron chi connectivity index (χ0n) is 23.7. The van der Waals surface area contributed by atoms with E-state index in [4.69, 9.17) is 9.15 Å². The van der Waals surface area contributed by atoms with Gasteiger partial charge in [-0.05, 0) is 32.0 Å². The topological polar surface area (TPSA) is 183 Å². The molecule has 17 heteroatoms. The number of benzene rings is 1. The van der Waals surface area contributed by atoms with Crippen LogP contribution < -0.4 is 15.4 Å². The summed E-state index contributed by atoms with van der Waals surface area (Å²) in [5.74, 6) is -4.23. The van der Waals surface area contributed by atoms with E-state index in [0.29, 0.717) is 5.56 Å². The summed E-state index contributed by atoms with van der Waals surface area (Å²) in [7, 11) is -4.24. The van der Waals surface area contributed by atoms with Gasteiger partial charge in [0.25, 0.3) is 5.89 Å². The number of pyridine rings is 1. The monoisotopic (exact) mass is 636 g/mol. The normalized spacial score (nSPS) is 14.6. The van der Waals surface area contributed by atoms with Crippen LogP contribution in [0.5, 0.6) is 5.75 Å². The molecule has 1 aliphatic heterocycles. The molecule has 4 rings (SSSR count). The van der Waals surface area contributed by atoms with Gasteiger partial charge in [0.2, 0.25) is 17.6 Å². The van der Waals surface area contributed by atoms with E-state index >= 15 is 0 Å². The standard InChI is InChI=1S/C27H30F2N6O8S/c1-27(2,21(36)24-34-33-23(43-24)17-7-5-9-30-14-17)32-22(37)19(31-26(38)35-10-12-41-13-11-35)16-44(39,40)15-18-6-3-4-8-20(18)42-25(28)29/h3-9,14,19,25H,10-13,15-16H2,1-2H3,(H,31,38)(H,32,37)/t19-/m0/s1. The largest absolute Gasteiger partial charge is 0.435 e. The van der Waals surface area contributed by atoms with Gasteiger partial charge >= 0.3 is 12.6 Å². The van der Waals surface area contributed by atoms with Crippen molar-refractivity contribution in [2.24, 2.45) is 0 Å². The maximum Gasteiger partial charge on any atom is 0.387 e. The number of aromatic nitrogens is 3. The summed E-state index contributed by atoms with van der Waals surface area (Å²) in [6.45, 7) is 0.386. The zero-order valence-corrected chi connectivity index (χ0v) is 24.6. The Balaban J connectivity index is 1.53. The molecule has 1 aromatic carbocycles. The number of sulfone groups is 1. The van der Waals surface area contributed by atoms with Crippen LogP contribution in [0.3, 0.4) is 0 Å². The van der Waals surface area contributed by atoms with Crippen molar-refractivity contribution in [2.75, 3.05) is 32.1 Å². The van der Waals surface area contributed by atoms with Gasteiger partial charge in [0.05, 0.1) is 30.3 Å². The lowest BCUT2D eigenvalue weighted by Crippen LogP contribution is -2.60. The van der Waals surface area contributed by atoms with Crippen molar-refractivity contribution >= 4 is 27.6 Å². The Bertz CT molecular complexity index is 1580. The first-order chi connectivity index (χ1) is 20.8. The number of halogens is 2. The Morgan fingerprint density at radius 3 is 2.50 bits per heavy atom. The number of alkyl halides is 2. The highest BCUT2D eigenvalue weighted by atomic mass is 32.2. The fraction of sp³-hybridized carbons (Fsp3) is 0.407. The van der Waals surface area contributed by atoms with E-state index in [1.165, 1.54) is 55.4 Å². The van der Waals surface area contributed by atoms with E-state index in [9.17, 15) is 31.6 Å². The lowest BCUT2D eigenvalue weighted by molar-refractivity contribution is -0.123. The van der Waals surface area contributed by atoms with E-state index in [1.807, 2.05) is 0 Å². The summed E-state index contributed by atoms with van der Waals surface area (Å²) in [6, 6.07) is 6.19. The van der Waals surface area contributed by atoms with Crippen molar-refractivity contribution < 1.29 is 45.5 Å². The Labute approximate surface area is 251 Å². The average molecular weight is 637 g/mol. The van der Waals surface area contributed by atoms with Crippen LogP contribution in [-0.2, 0) is 25.1 Å². The number of ketones is 1. The number of morpholine rings is 1. The van der Waals surface area contributed by atoms with Crippen LogP contribution in [-0.4, -0.2) is 96.5 Å². The highest BCUT2D eigenvalue weighted by molar-refractivity contribution is 7.90. The minimum Gasteiger partial charge on any atom is -0.435 e. The minimum atomic E-state index is -4.24. The Morgan fingerprint density at radius 2 is 1.82 bits per heavy atom. The number of carbonyl (C=O) groups excluding carboxylic acids is 3. The number of nitrogens with one attached hydrogen (secondary N) is 2. The molecule has 1 atom stereocenters. The van der Waals surface area contributed by atoms with Gasteiger partial charge in [-0.2, -0.15) is 8.78 Å². The molecule has 3 amide bonds. The van der Waals surface area contributed by atoms with Crippen LogP contribution in [0.2, 0.25) is 0 Å². The molecule has 1 saturated heterocycles. The molecule has 0 radical (unpaired) electrons. The summed E-state index contributed by atoms with van der Waals surface area (Å²) < 4.78 is 67.4. The minimum absolute atomic E-state index is 0.0152. The molecular weight excluding hydrogens is 606 g/mol. The average Bonchev–Trinajstić information content (AvgIpc) is 3.48. The molecule has 3 heterocycles. The molecule has 0 aliphatic carbocycles. The number of ether oxygens (including phenoxy) is 2. The van der Waals surface area contributed by atoms with Gasteiger partial charge in [-0.15, -0.1) is 10.2 Å².